The fraction of sp³-hybridized carbons (Fsp3) is 0.389. The molecule has 0 fully saturated rings. The number of anilines is 1. The average Bonchev–Trinajstić information content (AvgIpc) is 2.41. The van der Waals surface area contributed by atoms with Crippen LogP contribution in [-0.2, 0) is 4.79 Å². The predicted molar refractivity (Wildman–Crippen MR) is 86.8 cm³/mol. The highest BCUT2D eigenvalue weighted by atomic mass is 16.1. The van der Waals surface area contributed by atoms with E-state index in [0.29, 0.717) is 0 Å². The molecule has 0 aliphatic heterocycles. The lowest BCUT2D eigenvalue weighted by Crippen LogP contribution is -2.18. The van der Waals surface area contributed by atoms with E-state index in [4.69, 9.17) is 0 Å². The Morgan fingerprint density at radius 3 is 2.55 bits per heavy atom. The third-order valence-electron chi connectivity index (χ3n) is 3.15. The minimum absolute atomic E-state index is 0.0298. The van der Waals surface area contributed by atoms with Gasteiger partial charge in [0, 0.05) is 5.69 Å². The van der Waals surface area contributed by atoms with Gasteiger partial charge < -0.3 is 5.32 Å². The summed E-state index contributed by atoms with van der Waals surface area (Å²) < 4.78 is 0. The van der Waals surface area contributed by atoms with E-state index in [1.807, 2.05) is 44.2 Å². The number of hydrogen-bond donors (Lipinski definition) is 1. The van der Waals surface area contributed by atoms with Crippen molar-refractivity contribution >= 4 is 11.6 Å². The van der Waals surface area contributed by atoms with Crippen molar-refractivity contribution < 1.29 is 4.79 Å². The minimum atomic E-state index is -0.120. The van der Waals surface area contributed by atoms with Gasteiger partial charge in [0.1, 0.15) is 0 Å². The number of carbonyl (C=O) groups excluding carboxylic acids is 1. The van der Waals surface area contributed by atoms with Crippen LogP contribution in [0.5, 0.6) is 0 Å². The molecule has 0 aliphatic carbocycles. The van der Waals surface area contributed by atoms with Gasteiger partial charge >= 0.3 is 0 Å². The summed E-state index contributed by atoms with van der Waals surface area (Å²) in [6.07, 6.45) is 8.22. The molecule has 0 aliphatic rings. The molecule has 0 radical (unpaired) electrons. The van der Waals surface area contributed by atoms with Crippen molar-refractivity contribution in [2.24, 2.45) is 5.92 Å². The normalized spacial score (nSPS) is 13.5. The summed E-state index contributed by atoms with van der Waals surface area (Å²) in [5.74, 6) is -0.0899. The van der Waals surface area contributed by atoms with Crippen LogP contribution in [0.4, 0.5) is 5.69 Å². The maximum absolute atomic E-state index is 12.0. The SMILES string of the molecule is CC/C=C(/C)C/C=C\C(C)C(=O)Nc1ccc(C)cc1. The van der Waals surface area contributed by atoms with Gasteiger partial charge in [-0.1, -0.05) is 55.3 Å². The highest BCUT2D eigenvalue weighted by Crippen LogP contribution is 2.11. The predicted octanol–water partition coefficient (Wildman–Crippen LogP) is 4.87. The maximum Gasteiger partial charge on any atom is 0.231 e. The van der Waals surface area contributed by atoms with E-state index in [2.05, 4.69) is 31.3 Å². The number of hydrogen-bond acceptors (Lipinski definition) is 1. The second kappa shape index (κ2) is 8.36. The minimum Gasteiger partial charge on any atom is -0.326 e. The van der Waals surface area contributed by atoms with E-state index in [1.165, 1.54) is 11.1 Å². The Bertz CT molecular complexity index is 483. The van der Waals surface area contributed by atoms with Crippen molar-refractivity contribution in [3.63, 3.8) is 0 Å². The van der Waals surface area contributed by atoms with Crippen molar-refractivity contribution in [3.8, 4) is 0 Å². The molecular weight excluding hydrogens is 246 g/mol. The van der Waals surface area contributed by atoms with Crippen molar-refractivity contribution in [1.29, 1.82) is 0 Å². The van der Waals surface area contributed by atoms with E-state index in [9.17, 15) is 4.79 Å². The second-order valence-electron chi connectivity index (χ2n) is 5.23. The molecule has 0 saturated carbocycles. The van der Waals surface area contributed by atoms with E-state index >= 15 is 0 Å². The van der Waals surface area contributed by atoms with Crippen LogP contribution in [0.2, 0.25) is 0 Å². The van der Waals surface area contributed by atoms with Crippen molar-refractivity contribution in [3.05, 3.63) is 53.6 Å². The van der Waals surface area contributed by atoms with Crippen LogP contribution in [0.25, 0.3) is 0 Å². The van der Waals surface area contributed by atoms with Gasteiger partial charge in [-0.2, -0.15) is 0 Å². The Labute approximate surface area is 122 Å². The molecule has 1 rings (SSSR count). The van der Waals surface area contributed by atoms with Crippen molar-refractivity contribution in [2.75, 3.05) is 5.32 Å². The fourth-order valence-electron chi connectivity index (χ4n) is 1.87. The van der Waals surface area contributed by atoms with Crippen LogP contribution in [0.15, 0.2) is 48.1 Å². The first-order chi connectivity index (χ1) is 9.52. The maximum atomic E-state index is 12.0. The molecule has 1 amide bonds. The zero-order chi connectivity index (χ0) is 15.0. The summed E-state index contributed by atoms with van der Waals surface area (Å²) in [6, 6.07) is 7.85. The van der Waals surface area contributed by atoms with Crippen LogP contribution in [-0.4, -0.2) is 5.91 Å². The summed E-state index contributed by atoms with van der Waals surface area (Å²) in [5.41, 5.74) is 3.38. The quantitative estimate of drug-likeness (QED) is 0.735. The van der Waals surface area contributed by atoms with E-state index in [0.717, 1.165) is 18.5 Å². The first kappa shape index (κ1) is 16.2. The molecule has 1 aromatic rings. The smallest absolute Gasteiger partial charge is 0.231 e. The molecule has 1 atom stereocenters. The lowest BCUT2D eigenvalue weighted by atomic mass is 10.1. The van der Waals surface area contributed by atoms with Gasteiger partial charge in [-0.3, -0.25) is 4.79 Å². The highest BCUT2D eigenvalue weighted by molar-refractivity contribution is 5.93. The first-order valence-electron chi connectivity index (χ1n) is 7.22. The highest BCUT2D eigenvalue weighted by Gasteiger charge is 2.09. The van der Waals surface area contributed by atoms with Crippen LogP contribution in [0.1, 0.15) is 39.2 Å². The molecule has 108 valence electrons. The number of nitrogens with one attached hydrogen (secondary N) is 1. The molecule has 1 aromatic carbocycles. The molecule has 2 nitrogen and oxygen atoms in total. The second-order valence-corrected chi connectivity index (χ2v) is 5.23. The molecule has 0 heterocycles. The van der Waals surface area contributed by atoms with E-state index in [1.54, 1.807) is 0 Å². The number of rotatable bonds is 6. The number of amides is 1. The van der Waals surface area contributed by atoms with Gasteiger partial charge in [-0.25, -0.2) is 0 Å². The number of benzene rings is 1. The lowest BCUT2D eigenvalue weighted by molar-refractivity contribution is -0.118. The number of allylic oxidation sites excluding steroid dienone is 3. The lowest BCUT2D eigenvalue weighted by Gasteiger charge is -2.09. The molecular formula is C18H25NO. The number of carbonyl (C=O) groups is 1. The molecule has 1 unspecified atom stereocenters. The summed E-state index contributed by atoms with van der Waals surface area (Å²) >= 11 is 0. The third kappa shape index (κ3) is 5.87. The summed E-state index contributed by atoms with van der Waals surface area (Å²) in [7, 11) is 0. The molecule has 0 spiro atoms. The molecule has 0 saturated heterocycles. The van der Waals surface area contributed by atoms with E-state index < -0.39 is 0 Å². The molecule has 20 heavy (non-hydrogen) atoms. The van der Waals surface area contributed by atoms with Gasteiger partial charge in [-0.15, -0.1) is 0 Å². The number of aryl methyl sites for hydroxylation is 1. The largest absolute Gasteiger partial charge is 0.326 e. The molecule has 1 N–H and O–H groups in total. The third-order valence-corrected chi connectivity index (χ3v) is 3.15. The Kier molecular flexibility index (Phi) is 6.78. The van der Waals surface area contributed by atoms with Gasteiger partial charge in [0.2, 0.25) is 5.91 Å². The van der Waals surface area contributed by atoms with Gasteiger partial charge in [-0.05, 0) is 38.8 Å². The molecule has 0 bridgehead atoms. The van der Waals surface area contributed by atoms with Gasteiger partial charge in [0.15, 0.2) is 0 Å². The van der Waals surface area contributed by atoms with Crippen LogP contribution in [0.3, 0.4) is 0 Å². The monoisotopic (exact) mass is 271 g/mol. The Hall–Kier alpha value is -1.83. The van der Waals surface area contributed by atoms with Crippen LogP contribution < -0.4 is 5.32 Å². The first-order valence-corrected chi connectivity index (χ1v) is 7.22. The molecule has 0 aromatic heterocycles. The van der Waals surface area contributed by atoms with Gasteiger partial charge in [0.05, 0.1) is 5.92 Å². The standard InChI is InChI=1S/C18H25NO/c1-5-7-14(2)8-6-9-16(4)18(20)19-17-12-10-15(3)11-13-17/h6-7,9-13,16H,5,8H2,1-4H3,(H,19,20)/b9-6-,14-7-. The van der Waals surface area contributed by atoms with Crippen molar-refractivity contribution in [1.82, 2.24) is 0 Å². The fourth-order valence-corrected chi connectivity index (χ4v) is 1.87. The summed E-state index contributed by atoms with van der Waals surface area (Å²) in [5, 5.41) is 2.93. The Morgan fingerprint density at radius 1 is 1.30 bits per heavy atom. The van der Waals surface area contributed by atoms with Crippen LogP contribution >= 0.6 is 0 Å². The molecule has 2 heteroatoms. The topological polar surface area (TPSA) is 29.1 Å². The average molecular weight is 271 g/mol. The Balaban J connectivity index is 2.48. The zero-order valence-electron chi connectivity index (χ0n) is 12.9. The Morgan fingerprint density at radius 2 is 1.95 bits per heavy atom. The van der Waals surface area contributed by atoms with Crippen molar-refractivity contribution in [2.45, 2.75) is 40.5 Å². The zero-order valence-corrected chi connectivity index (χ0v) is 12.9. The summed E-state index contributed by atoms with van der Waals surface area (Å²) in [4.78, 5) is 12.0. The van der Waals surface area contributed by atoms with Crippen LogP contribution in [0, 0.1) is 12.8 Å². The van der Waals surface area contributed by atoms with E-state index in [-0.39, 0.29) is 11.8 Å². The summed E-state index contributed by atoms with van der Waals surface area (Å²) in [6.45, 7) is 8.19. The van der Waals surface area contributed by atoms with Gasteiger partial charge in [0.25, 0.3) is 0 Å².